The summed E-state index contributed by atoms with van der Waals surface area (Å²) < 4.78 is 21.2. The third-order valence-corrected chi connectivity index (χ3v) is 17.4. The molecule has 1 aliphatic heterocycles. The fraction of sp³-hybridized carbons (Fsp3) is 0.769. The summed E-state index contributed by atoms with van der Waals surface area (Å²) in [5.41, 5.74) is -0.163. The molecule has 39 heavy (non-hydrogen) atoms. The molecule has 1 saturated heterocycles. The zero-order valence-corrected chi connectivity index (χ0v) is 27.5. The second-order valence-corrected chi connectivity index (χ2v) is 23.4. The zero-order valence-electron chi connectivity index (χ0n) is 25.5. The topological polar surface area (TPSA) is 141 Å². The molecule has 0 aromatic carbocycles. The highest BCUT2D eigenvalue weighted by molar-refractivity contribution is 6.74. The number of imidazole rings is 1. The molecule has 1 fully saturated rings. The van der Waals surface area contributed by atoms with Gasteiger partial charge < -0.3 is 18.7 Å². The van der Waals surface area contributed by atoms with Crippen molar-refractivity contribution in [2.45, 2.75) is 116 Å². The lowest BCUT2D eigenvalue weighted by Crippen LogP contribution is -2.49. The van der Waals surface area contributed by atoms with Crippen molar-refractivity contribution in [1.82, 2.24) is 19.5 Å². The predicted molar refractivity (Wildman–Crippen MR) is 157 cm³/mol. The second-order valence-electron chi connectivity index (χ2n) is 13.9. The van der Waals surface area contributed by atoms with Gasteiger partial charge in [0.15, 0.2) is 34.0 Å². The smallest absolute Gasteiger partial charge is 0.280 e. The molecule has 0 radical (unpaired) electrons. The molecule has 13 heteroatoms. The molecule has 3 rings (SSSR count). The average Bonchev–Trinajstić information content (AvgIpc) is 3.32. The van der Waals surface area contributed by atoms with Crippen LogP contribution in [0.2, 0.25) is 36.3 Å². The van der Waals surface area contributed by atoms with E-state index in [0.29, 0.717) is 0 Å². The fourth-order valence-corrected chi connectivity index (χ4v) is 5.97. The molecule has 220 valence electrons. The molecule has 3 heterocycles. The number of carbonyl (C=O) groups excluding carboxylic acids is 1. The number of anilines is 1. The second kappa shape index (κ2) is 10.8. The minimum atomic E-state index is -2.36. The van der Waals surface area contributed by atoms with E-state index in [1.54, 1.807) is 18.4 Å². The minimum absolute atomic E-state index is 0.00465. The summed E-state index contributed by atoms with van der Waals surface area (Å²) in [7, 11) is -4.47. The third-order valence-electron chi connectivity index (χ3n) is 8.44. The van der Waals surface area contributed by atoms with Gasteiger partial charge in [0.25, 0.3) is 5.56 Å². The van der Waals surface area contributed by atoms with Gasteiger partial charge in [-0.1, -0.05) is 55.4 Å². The molecule has 0 unspecified atom stereocenters. The van der Waals surface area contributed by atoms with Crippen LogP contribution in [0.3, 0.4) is 0 Å². The van der Waals surface area contributed by atoms with Crippen LogP contribution in [-0.4, -0.2) is 72.1 Å². The molecule has 3 N–H and O–H groups in total. The van der Waals surface area contributed by atoms with Crippen molar-refractivity contribution < 1.29 is 23.5 Å². The molecule has 0 aliphatic carbocycles. The molecule has 1 aliphatic rings. The number of aliphatic hydroxyl groups is 1. The van der Waals surface area contributed by atoms with E-state index < -0.39 is 46.7 Å². The number of aromatic nitrogens is 4. The van der Waals surface area contributed by atoms with Gasteiger partial charge in [0.05, 0.1) is 12.9 Å². The van der Waals surface area contributed by atoms with Gasteiger partial charge in [-0.2, -0.15) is 4.98 Å². The van der Waals surface area contributed by atoms with Crippen LogP contribution in [0.4, 0.5) is 5.95 Å². The Balaban J connectivity index is 2.03. The van der Waals surface area contributed by atoms with Crippen molar-refractivity contribution in [2.75, 3.05) is 11.9 Å². The number of hydrogen-bond donors (Lipinski definition) is 3. The van der Waals surface area contributed by atoms with Gasteiger partial charge in [0.1, 0.15) is 18.3 Å². The highest BCUT2D eigenvalue weighted by atomic mass is 28.4. The van der Waals surface area contributed by atoms with E-state index in [2.05, 4.69) is 88.0 Å². The maximum absolute atomic E-state index is 12.8. The lowest BCUT2D eigenvalue weighted by Gasteiger charge is -2.40. The fourth-order valence-electron chi connectivity index (χ4n) is 3.66. The van der Waals surface area contributed by atoms with E-state index >= 15 is 0 Å². The summed E-state index contributed by atoms with van der Waals surface area (Å²) >= 11 is 0. The van der Waals surface area contributed by atoms with Crippen molar-refractivity contribution in [1.29, 1.82) is 0 Å². The molecule has 0 spiro atoms. The van der Waals surface area contributed by atoms with Gasteiger partial charge in [-0.15, -0.1) is 0 Å². The summed E-state index contributed by atoms with van der Waals surface area (Å²) in [6, 6.07) is 0. The van der Waals surface area contributed by atoms with E-state index in [-0.39, 0.29) is 45.6 Å². The number of rotatable bonds is 8. The molecule has 1 amide bonds. The van der Waals surface area contributed by atoms with Crippen LogP contribution in [0.15, 0.2) is 11.1 Å². The molecule has 11 nitrogen and oxygen atoms in total. The minimum Gasteiger partial charge on any atom is -0.414 e. The number of nitrogens with zero attached hydrogens (tertiary/aromatic N) is 3. The maximum Gasteiger partial charge on any atom is 0.280 e. The van der Waals surface area contributed by atoms with E-state index in [4.69, 9.17) is 13.6 Å². The summed E-state index contributed by atoms with van der Waals surface area (Å²) in [5, 5.41) is 14.1. The molecular weight excluding hydrogens is 534 g/mol. The van der Waals surface area contributed by atoms with Crippen LogP contribution in [0.1, 0.15) is 61.6 Å². The normalized spacial score (nSPS) is 23.1. The van der Waals surface area contributed by atoms with Crippen molar-refractivity contribution in [3.63, 3.8) is 0 Å². The molecule has 4 atom stereocenters. The number of aliphatic hydroxyl groups excluding tert-OH is 1. The number of amides is 1. The molecule has 2 aromatic heterocycles. The first-order valence-corrected chi connectivity index (χ1v) is 19.4. The largest absolute Gasteiger partial charge is 0.414 e. The zero-order chi connectivity index (χ0) is 29.7. The first kappa shape index (κ1) is 31.6. The Morgan fingerprint density at radius 3 is 2.28 bits per heavy atom. The predicted octanol–water partition coefficient (Wildman–Crippen LogP) is 4.38. The Morgan fingerprint density at radius 2 is 1.74 bits per heavy atom. The Bertz CT molecular complexity index is 1240. The standard InChI is InChI=1S/C26H47N5O6Si2/c1-15(2)21(33)29-24-28-20-17(22(34)30-24)27-14-31(20)23-19(37-39(11,12)26(6,7)8)18(32)16(36-23)13-35-38(9,10)25(3,4)5/h14-16,18-19,23,32H,13H2,1-12H3,(H2,28,29,30,33,34)/t16-,18-,19-,23-/m1/s1. The highest BCUT2D eigenvalue weighted by Crippen LogP contribution is 2.43. The van der Waals surface area contributed by atoms with Crippen LogP contribution >= 0.6 is 0 Å². The SMILES string of the molecule is CC(C)C(=O)Nc1nc2c(ncn2[C@@H]2O[C@H](CO[Si](C)(C)C(C)(C)C)[C@@H](O)[C@H]2O[Si](C)(C)C(C)(C)C)c(=O)[nH]1. The summed E-state index contributed by atoms with van der Waals surface area (Å²) in [5.74, 6) is -0.558. The summed E-state index contributed by atoms with van der Waals surface area (Å²) in [6.45, 7) is 25.1. The number of fused-ring (bicyclic) bond motifs is 1. The average molecular weight is 582 g/mol. The lowest BCUT2D eigenvalue weighted by atomic mass is 10.1. The Morgan fingerprint density at radius 1 is 1.15 bits per heavy atom. The van der Waals surface area contributed by atoms with Gasteiger partial charge in [0, 0.05) is 5.92 Å². The van der Waals surface area contributed by atoms with E-state index in [9.17, 15) is 14.7 Å². The summed E-state index contributed by atoms with van der Waals surface area (Å²) in [4.78, 5) is 36.4. The van der Waals surface area contributed by atoms with Crippen molar-refractivity contribution in [2.24, 2.45) is 5.92 Å². The Hall–Kier alpha value is -1.91. The highest BCUT2D eigenvalue weighted by Gasteiger charge is 2.51. The first-order chi connectivity index (χ1) is 17.7. The van der Waals surface area contributed by atoms with Crippen LogP contribution < -0.4 is 10.9 Å². The number of ether oxygens (including phenoxy) is 1. The van der Waals surface area contributed by atoms with Crippen LogP contribution in [-0.2, 0) is 18.4 Å². The molecule has 0 saturated carbocycles. The van der Waals surface area contributed by atoms with Crippen molar-refractivity contribution in [3.8, 4) is 0 Å². The lowest BCUT2D eigenvalue weighted by molar-refractivity contribution is -0.118. The molecule has 0 bridgehead atoms. The Kier molecular flexibility index (Phi) is 8.77. The van der Waals surface area contributed by atoms with Gasteiger partial charge in [-0.05, 0) is 36.3 Å². The Labute approximate surface area is 233 Å². The van der Waals surface area contributed by atoms with Crippen LogP contribution in [0, 0.1) is 5.92 Å². The number of hydrogen-bond acceptors (Lipinski definition) is 8. The van der Waals surface area contributed by atoms with Gasteiger partial charge in [-0.25, -0.2) is 4.98 Å². The first-order valence-electron chi connectivity index (χ1n) is 13.6. The van der Waals surface area contributed by atoms with E-state index in [1.807, 2.05) is 0 Å². The van der Waals surface area contributed by atoms with Gasteiger partial charge in [-0.3, -0.25) is 24.5 Å². The van der Waals surface area contributed by atoms with E-state index in [0.717, 1.165) is 0 Å². The van der Waals surface area contributed by atoms with Crippen molar-refractivity contribution in [3.05, 3.63) is 16.7 Å². The number of nitrogens with one attached hydrogen (secondary N) is 2. The number of carbonyl (C=O) groups is 1. The monoisotopic (exact) mass is 581 g/mol. The summed E-state index contributed by atoms with van der Waals surface area (Å²) in [6.07, 6.45) is -1.72. The van der Waals surface area contributed by atoms with Crippen LogP contribution in [0.5, 0.6) is 0 Å². The van der Waals surface area contributed by atoms with Crippen LogP contribution in [0.25, 0.3) is 11.2 Å². The maximum atomic E-state index is 12.8. The third kappa shape index (κ3) is 6.54. The van der Waals surface area contributed by atoms with Gasteiger partial charge >= 0.3 is 0 Å². The van der Waals surface area contributed by atoms with Crippen molar-refractivity contribution >= 4 is 39.7 Å². The van der Waals surface area contributed by atoms with E-state index in [1.165, 1.54) is 6.33 Å². The molecular formula is C26H47N5O6Si2. The molecule has 2 aromatic rings. The number of aromatic amines is 1. The van der Waals surface area contributed by atoms with Gasteiger partial charge in [0.2, 0.25) is 11.9 Å². The quantitative estimate of drug-likeness (QED) is 0.390. The number of H-pyrrole nitrogens is 1.